The molecule has 1 aromatic heterocycles. The molecule has 1 amide bonds. The fourth-order valence-electron chi connectivity index (χ4n) is 2.05. The number of halogens is 5. The molecule has 0 fully saturated rings. The van der Waals surface area contributed by atoms with E-state index in [1.54, 1.807) is 5.32 Å². The van der Waals surface area contributed by atoms with Crippen molar-refractivity contribution in [1.29, 1.82) is 0 Å². The van der Waals surface area contributed by atoms with Gasteiger partial charge in [-0.1, -0.05) is 6.07 Å². The smallest absolute Gasteiger partial charge is 0.336 e. The highest BCUT2D eigenvalue weighted by atomic mass is 19.4. The van der Waals surface area contributed by atoms with Gasteiger partial charge in [0.2, 0.25) is 5.56 Å². The first-order chi connectivity index (χ1) is 11.1. The largest absolute Gasteiger partial charge is 0.413 e. The molecule has 0 bridgehead atoms. The maximum atomic E-state index is 13.7. The van der Waals surface area contributed by atoms with Gasteiger partial charge in [0.1, 0.15) is 11.6 Å². The highest BCUT2D eigenvalue weighted by molar-refractivity contribution is 5.94. The lowest BCUT2D eigenvalue weighted by atomic mass is 10.0. The van der Waals surface area contributed by atoms with Crippen LogP contribution in [-0.4, -0.2) is 16.7 Å². The number of aromatic nitrogens is 1. The van der Waals surface area contributed by atoms with Gasteiger partial charge < -0.3 is 9.88 Å². The van der Waals surface area contributed by atoms with Crippen LogP contribution in [0.3, 0.4) is 0 Å². The molecule has 24 heavy (non-hydrogen) atoms. The van der Waals surface area contributed by atoms with Crippen LogP contribution in [0.25, 0.3) is 0 Å². The molecule has 2 rings (SSSR count). The minimum absolute atomic E-state index is 0.261. The number of hydrogen-bond donors (Lipinski definition) is 1. The predicted octanol–water partition coefficient (Wildman–Crippen LogP) is 2.70. The molecule has 0 saturated carbocycles. The summed E-state index contributed by atoms with van der Waals surface area (Å²) in [6, 6.07) is 1.37. The monoisotopic (exact) mass is 346 g/mol. The topological polar surface area (TPSA) is 51.1 Å². The number of alkyl halides is 3. The van der Waals surface area contributed by atoms with Crippen molar-refractivity contribution >= 4 is 5.91 Å². The second-order valence-corrected chi connectivity index (χ2v) is 4.95. The van der Waals surface area contributed by atoms with Crippen LogP contribution in [0.4, 0.5) is 22.0 Å². The molecule has 0 saturated heterocycles. The average Bonchev–Trinajstić information content (AvgIpc) is 2.47. The maximum Gasteiger partial charge on any atom is 0.413 e. The van der Waals surface area contributed by atoms with E-state index in [-0.39, 0.29) is 5.56 Å². The fraction of sp³-hybridized carbons (Fsp3) is 0.200. The first-order valence-corrected chi connectivity index (χ1v) is 6.59. The number of benzene rings is 1. The Balaban J connectivity index is 2.42. The van der Waals surface area contributed by atoms with Crippen LogP contribution in [-0.2, 0) is 7.05 Å². The molecule has 1 aromatic carbocycles. The Kier molecular flexibility index (Phi) is 4.72. The van der Waals surface area contributed by atoms with Crippen molar-refractivity contribution < 1.29 is 26.7 Å². The predicted molar refractivity (Wildman–Crippen MR) is 74.3 cm³/mol. The van der Waals surface area contributed by atoms with Crippen LogP contribution in [0.2, 0.25) is 0 Å². The number of carbonyl (C=O) groups is 1. The summed E-state index contributed by atoms with van der Waals surface area (Å²) in [5.74, 6) is -4.09. The lowest BCUT2D eigenvalue weighted by molar-refractivity contribution is -0.156. The van der Waals surface area contributed by atoms with Gasteiger partial charge in [0.05, 0.1) is 11.1 Å². The van der Waals surface area contributed by atoms with E-state index in [0.29, 0.717) is 12.1 Å². The van der Waals surface area contributed by atoms with Crippen LogP contribution in [0.5, 0.6) is 0 Å². The standard InChI is InChI=1S/C15H11F5N2O2/c1-22-7-8(5-6-11(22)23)14(24)21-13(15(18,19)20)12-9(16)3-2-4-10(12)17/h2-7,13H,1H3,(H,21,24). The van der Waals surface area contributed by atoms with Crippen LogP contribution in [0.15, 0.2) is 41.3 Å². The second-order valence-electron chi connectivity index (χ2n) is 4.95. The minimum atomic E-state index is -5.13. The Hall–Kier alpha value is -2.71. The van der Waals surface area contributed by atoms with E-state index in [1.807, 2.05) is 0 Å². The first-order valence-electron chi connectivity index (χ1n) is 6.59. The van der Waals surface area contributed by atoms with Crippen LogP contribution in [0.1, 0.15) is 22.0 Å². The summed E-state index contributed by atoms with van der Waals surface area (Å²) in [6.45, 7) is 0. The molecule has 0 aliphatic carbocycles. The minimum Gasteiger partial charge on any atom is -0.336 e. The van der Waals surface area contributed by atoms with Gasteiger partial charge in [0.25, 0.3) is 5.91 Å². The Labute approximate surface area is 132 Å². The molecule has 9 heteroatoms. The first kappa shape index (κ1) is 17.6. The summed E-state index contributed by atoms with van der Waals surface area (Å²) < 4.78 is 67.9. The zero-order valence-corrected chi connectivity index (χ0v) is 12.2. The van der Waals surface area contributed by atoms with Gasteiger partial charge in [0.15, 0.2) is 6.04 Å². The Morgan fingerprint density at radius 3 is 2.21 bits per heavy atom. The summed E-state index contributed by atoms with van der Waals surface area (Å²) in [5.41, 5.74) is -2.04. The zero-order chi connectivity index (χ0) is 18.1. The number of aryl methyl sites for hydroxylation is 1. The highest BCUT2D eigenvalue weighted by Gasteiger charge is 2.44. The molecule has 0 spiro atoms. The van der Waals surface area contributed by atoms with Crippen molar-refractivity contribution in [3.05, 3.63) is 69.6 Å². The van der Waals surface area contributed by atoms with Crippen molar-refractivity contribution in [1.82, 2.24) is 9.88 Å². The second kappa shape index (κ2) is 6.42. The number of pyridine rings is 1. The number of nitrogens with one attached hydrogen (secondary N) is 1. The highest BCUT2D eigenvalue weighted by Crippen LogP contribution is 2.35. The summed E-state index contributed by atoms with van der Waals surface area (Å²) in [7, 11) is 1.30. The van der Waals surface area contributed by atoms with E-state index in [2.05, 4.69) is 0 Å². The third-order valence-electron chi connectivity index (χ3n) is 3.24. The average molecular weight is 346 g/mol. The van der Waals surface area contributed by atoms with Gasteiger partial charge in [-0.2, -0.15) is 13.2 Å². The molecule has 2 aromatic rings. The van der Waals surface area contributed by atoms with Gasteiger partial charge in [0, 0.05) is 19.3 Å². The maximum absolute atomic E-state index is 13.7. The molecule has 0 aliphatic heterocycles. The molecular weight excluding hydrogens is 335 g/mol. The number of hydrogen-bond acceptors (Lipinski definition) is 2. The summed E-state index contributed by atoms with van der Waals surface area (Å²) in [5, 5.41) is 1.56. The lowest BCUT2D eigenvalue weighted by Crippen LogP contribution is -2.39. The van der Waals surface area contributed by atoms with Crippen LogP contribution in [0, 0.1) is 11.6 Å². The van der Waals surface area contributed by atoms with Gasteiger partial charge in [-0.25, -0.2) is 8.78 Å². The third kappa shape index (κ3) is 3.61. The van der Waals surface area contributed by atoms with E-state index >= 15 is 0 Å². The van der Waals surface area contributed by atoms with Crippen molar-refractivity contribution in [2.75, 3.05) is 0 Å². The molecule has 4 nitrogen and oxygen atoms in total. The van der Waals surface area contributed by atoms with Gasteiger partial charge in [-0.05, 0) is 18.2 Å². The Bertz CT molecular complexity index is 809. The number of carbonyl (C=O) groups excluding carboxylic acids is 1. The molecule has 1 N–H and O–H groups in total. The number of nitrogens with zero attached hydrogens (tertiary/aromatic N) is 1. The van der Waals surface area contributed by atoms with E-state index in [0.717, 1.165) is 29.0 Å². The Morgan fingerprint density at radius 2 is 1.71 bits per heavy atom. The van der Waals surface area contributed by atoms with Crippen molar-refractivity contribution in [3.8, 4) is 0 Å². The molecule has 1 atom stereocenters. The lowest BCUT2D eigenvalue weighted by Gasteiger charge is -2.23. The van der Waals surface area contributed by atoms with E-state index in [4.69, 9.17) is 0 Å². The molecular formula is C15H11F5N2O2. The van der Waals surface area contributed by atoms with E-state index < -0.39 is 40.9 Å². The van der Waals surface area contributed by atoms with Crippen LogP contribution >= 0.6 is 0 Å². The van der Waals surface area contributed by atoms with Gasteiger partial charge >= 0.3 is 6.18 Å². The fourth-order valence-corrected chi connectivity index (χ4v) is 2.05. The summed E-state index contributed by atoms with van der Waals surface area (Å²) >= 11 is 0. The van der Waals surface area contributed by atoms with Crippen LogP contribution < -0.4 is 10.9 Å². The number of amides is 1. The van der Waals surface area contributed by atoms with E-state index in [9.17, 15) is 31.5 Å². The summed E-state index contributed by atoms with van der Waals surface area (Å²) in [4.78, 5) is 23.2. The molecule has 128 valence electrons. The molecule has 1 heterocycles. The SMILES string of the molecule is Cn1cc(C(=O)NC(c2c(F)cccc2F)C(F)(F)F)ccc1=O. The van der Waals surface area contributed by atoms with Crippen molar-refractivity contribution in [2.24, 2.45) is 7.05 Å². The zero-order valence-electron chi connectivity index (χ0n) is 12.2. The van der Waals surface area contributed by atoms with Crippen molar-refractivity contribution in [2.45, 2.75) is 12.2 Å². The van der Waals surface area contributed by atoms with E-state index in [1.165, 1.54) is 7.05 Å². The third-order valence-corrected chi connectivity index (χ3v) is 3.24. The number of rotatable bonds is 3. The normalized spacial score (nSPS) is 12.8. The summed E-state index contributed by atoms with van der Waals surface area (Å²) in [6.07, 6.45) is -4.11. The molecule has 1 unspecified atom stereocenters. The Morgan fingerprint density at radius 1 is 1.12 bits per heavy atom. The van der Waals surface area contributed by atoms with Gasteiger partial charge in [-0.15, -0.1) is 0 Å². The molecule has 0 radical (unpaired) electrons. The molecule has 0 aliphatic rings. The quantitative estimate of drug-likeness (QED) is 0.869. The van der Waals surface area contributed by atoms with Gasteiger partial charge in [-0.3, -0.25) is 9.59 Å². The van der Waals surface area contributed by atoms with Crippen molar-refractivity contribution in [3.63, 3.8) is 0 Å².